The summed E-state index contributed by atoms with van der Waals surface area (Å²) in [5.41, 5.74) is 7.97. The number of nitrogens with zero attached hydrogens (tertiary/aromatic N) is 2. The van der Waals surface area contributed by atoms with Crippen LogP contribution in [0.15, 0.2) is 28.1 Å². The van der Waals surface area contributed by atoms with Crippen LogP contribution in [0.3, 0.4) is 0 Å². The summed E-state index contributed by atoms with van der Waals surface area (Å²) in [6.45, 7) is 6.85. The molecule has 1 amide bonds. The number of aryl methyl sites for hydroxylation is 1. The zero-order chi connectivity index (χ0) is 20.4. The topological polar surface area (TPSA) is 82.8 Å². The lowest BCUT2D eigenvalue weighted by atomic mass is 9.96. The van der Waals surface area contributed by atoms with E-state index in [2.05, 4.69) is 51.9 Å². The fourth-order valence-corrected chi connectivity index (χ4v) is 4.21. The van der Waals surface area contributed by atoms with Crippen LogP contribution in [0.5, 0.6) is 0 Å². The summed E-state index contributed by atoms with van der Waals surface area (Å²) in [6, 6.07) is 6.56. The summed E-state index contributed by atoms with van der Waals surface area (Å²) in [7, 11) is 1.81. The molecule has 0 atom stereocenters. The number of unbranched alkanes of at least 4 members (excludes halogenated alkanes) is 1. The molecule has 0 aliphatic carbocycles. The SMILES string of the molecule is CN=C(NCCCCN1CCC(C(N)=O)CC1)NCc1ccc(C)cc1SC.I. The molecule has 0 bridgehead atoms. The largest absolute Gasteiger partial charge is 0.369 e. The second kappa shape index (κ2) is 14.1. The molecule has 1 heterocycles. The third kappa shape index (κ3) is 9.13. The van der Waals surface area contributed by atoms with Gasteiger partial charge in [-0.15, -0.1) is 35.7 Å². The van der Waals surface area contributed by atoms with Crippen molar-refractivity contribution in [3.05, 3.63) is 29.3 Å². The van der Waals surface area contributed by atoms with Gasteiger partial charge in [-0.1, -0.05) is 12.1 Å². The number of rotatable bonds is 9. The van der Waals surface area contributed by atoms with Crippen LogP contribution in [0.1, 0.15) is 36.8 Å². The van der Waals surface area contributed by atoms with E-state index in [0.29, 0.717) is 0 Å². The van der Waals surface area contributed by atoms with E-state index in [1.165, 1.54) is 16.0 Å². The maximum absolute atomic E-state index is 11.2. The van der Waals surface area contributed by atoms with E-state index in [-0.39, 0.29) is 35.8 Å². The zero-order valence-corrected chi connectivity index (χ0v) is 21.0. The van der Waals surface area contributed by atoms with Gasteiger partial charge in [-0.3, -0.25) is 9.79 Å². The number of carbonyl (C=O) groups excluding carboxylic acids is 1. The number of piperidine rings is 1. The number of aliphatic imine (C=N–C) groups is 1. The number of primary amides is 1. The van der Waals surface area contributed by atoms with E-state index >= 15 is 0 Å². The number of guanidine groups is 1. The lowest BCUT2D eigenvalue weighted by molar-refractivity contribution is -0.123. The molecule has 1 aliphatic heterocycles. The highest BCUT2D eigenvalue weighted by molar-refractivity contribution is 14.0. The van der Waals surface area contributed by atoms with Gasteiger partial charge in [-0.25, -0.2) is 0 Å². The van der Waals surface area contributed by atoms with Gasteiger partial charge in [0.15, 0.2) is 5.96 Å². The van der Waals surface area contributed by atoms with Crippen LogP contribution in [-0.4, -0.2) is 56.2 Å². The number of carbonyl (C=O) groups is 1. The van der Waals surface area contributed by atoms with Crippen LogP contribution in [0.4, 0.5) is 0 Å². The Morgan fingerprint density at radius 3 is 2.62 bits per heavy atom. The molecule has 1 aliphatic rings. The van der Waals surface area contributed by atoms with Crippen molar-refractivity contribution in [1.82, 2.24) is 15.5 Å². The first-order valence-electron chi connectivity index (χ1n) is 10.1. The van der Waals surface area contributed by atoms with Gasteiger partial charge in [0.05, 0.1) is 0 Å². The molecule has 0 saturated carbocycles. The summed E-state index contributed by atoms with van der Waals surface area (Å²) < 4.78 is 0. The Bertz CT molecular complexity index is 662. The Labute approximate surface area is 196 Å². The number of benzene rings is 1. The van der Waals surface area contributed by atoms with Crippen molar-refractivity contribution in [2.75, 3.05) is 39.5 Å². The molecule has 29 heavy (non-hydrogen) atoms. The van der Waals surface area contributed by atoms with E-state index in [1.807, 2.05) is 7.05 Å². The number of hydrogen-bond donors (Lipinski definition) is 3. The molecular formula is C21H36IN5OS. The molecule has 4 N–H and O–H groups in total. The molecule has 1 aromatic rings. The van der Waals surface area contributed by atoms with Crippen LogP contribution in [0.25, 0.3) is 0 Å². The van der Waals surface area contributed by atoms with E-state index in [0.717, 1.165) is 64.4 Å². The molecule has 0 aromatic heterocycles. The standard InChI is InChI=1S/C21H35N5OS.HI/c1-16-6-7-18(19(14-16)28-3)15-25-21(23-2)24-10-4-5-11-26-12-8-17(9-13-26)20(22)27;/h6-7,14,17H,4-5,8-13,15H2,1-3H3,(H2,22,27)(H2,23,24,25);1H. The monoisotopic (exact) mass is 533 g/mol. The van der Waals surface area contributed by atoms with Gasteiger partial charge < -0.3 is 21.3 Å². The van der Waals surface area contributed by atoms with Gasteiger partial charge in [0, 0.05) is 31.0 Å². The summed E-state index contributed by atoms with van der Waals surface area (Å²) in [6.07, 6.45) is 6.15. The van der Waals surface area contributed by atoms with Crippen LogP contribution >= 0.6 is 35.7 Å². The van der Waals surface area contributed by atoms with Gasteiger partial charge in [-0.2, -0.15) is 0 Å². The highest BCUT2D eigenvalue weighted by Gasteiger charge is 2.22. The lowest BCUT2D eigenvalue weighted by Gasteiger charge is -2.30. The van der Waals surface area contributed by atoms with Crippen molar-refractivity contribution >= 4 is 47.6 Å². The average Bonchev–Trinajstić information content (AvgIpc) is 2.71. The number of nitrogens with two attached hydrogens (primary N) is 1. The maximum atomic E-state index is 11.2. The molecule has 6 nitrogen and oxygen atoms in total. The Balaban J connectivity index is 0.00000420. The minimum atomic E-state index is -0.141. The first kappa shape index (κ1) is 26.0. The molecule has 0 radical (unpaired) electrons. The summed E-state index contributed by atoms with van der Waals surface area (Å²) in [5, 5.41) is 6.81. The second-order valence-corrected chi connectivity index (χ2v) is 8.24. The van der Waals surface area contributed by atoms with Gasteiger partial charge in [-0.05, 0) is 75.7 Å². The van der Waals surface area contributed by atoms with E-state index in [9.17, 15) is 4.79 Å². The lowest BCUT2D eigenvalue weighted by Crippen LogP contribution is -2.39. The number of amides is 1. The van der Waals surface area contributed by atoms with Crippen molar-refractivity contribution < 1.29 is 4.79 Å². The van der Waals surface area contributed by atoms with Gasteiger partial charge in [0.2, 0.25) is 5.91 Å². The van der Waals surface area contributed by atoms with Gasteiger partial charge >= 0.3 is 0 Å². The fraction of sp³-hybridized carbons (Fsp3) is 0.619. The normalized spacial score (nSPS) is 15.6. The molecule has 0 spiro atoms. The smallest absolute Gasteiger partial charge is 0.220 e. The number of nitrogens with one attached hydrogen (secondary N) is 2. The predicted octanol–water partition coefficient (Wildman–Crippen LogP) is 2.98. The maximum Gasteiger partial charge on any atom is 0.220 e. The van der Waals surface area contributed by atoms with Crippen LogP contribution in [-0.2, 0) is 11.3 Å². The van der Waals surface area contributed by atoms with E-state index in [1.54, 1.807) is 11.8 Å². The van der Waals surface area contributed by atoms with Crippen molar-refractivity contribution in [3.8, 4) is 0 Å². The molecule has 1 saturated heterocycles. The summed E-state index contributed by atoms with van der Waals surface area (Å²) >= 11 is 1.78. The number of thioether (sulfide) groups is 1. The minimum Gasteiger partial charge on any atom is -0.369 e. The van der Waals surface area contributed by atoms with E-state index < -0.39 is 0 Å². The quantitative estimate of drug-likeness (QED) is 0.150. The summed E-state index contributed by atoms with van der Waals surface area (Å²) in [5.74, 6) is 0.778. The first-order chi connectivity index (χ1) is 13.5. The van der Waals surface area contributed by atoms with Gasteiger partial charge in [0.25, 0.3) is 0 Å². The molecule has 1 aromatic carbocycles. The average molecular weight is 534 g/mol. The first-order valence-corrected chi connectivity index (χ1v) is 11.4. The second-order valence-electron chi connectivity index (χ2n) is 7.39. The Morgan fingerprint density at radius 2 is 2.00 bits per heavy atom. The molecular weight excluding hydrogens is 497 g/mol. The Morgan fingerprint density at radius 1 is 1.28 bits per heavy atom. The van der Waals surface area contributed by atoms with Gasteiger partial charge in [0.1, 0.15) is 0 Å². The Hall–Kier alpha value is -1.000. The van der Waals surface area contributed by atoms with Crippen molar-refractivity contribution in [2.24, 2.45) is 16.6 Å². The Kier molecular flexibility index (Phi) is 12.6. The highest BCUT2D eigenvalue weighted by Crippen LogP contribution is 2.21. The zero-order valence-electron chi connectivity index (χ0n) is 17.9. The van der Waals surface area contributed by atoms with Crippen molar-refractivity contribution in [1.29, 1.82) is 0 Å². The summed E-state index contributed by atoms with van der Waals surface area (Å²) in [4.78, 5) is 19.3. The van der Waals surface area contributed by atoms with Crippen molar-refractivity contribution in [2.45, 2.75) is 44.0 Å². The number of halogens is 1. The molecule has 2 rings (SSSR count). The highest BCUT2D eigenvalue weighted by atomic mass is 127. The van der Waals surface area contributed by atoms with E-state index in [4.69, 9.17) is 5.73 Å². The minimum absolute atomic E-state index is 0. The molecule has 8 heteroatoms. The van der Waals surface area contributed by atoms with Crippen molar-refractivity contribution in [3.63, 3.8) is 0 Å². The molecule has 164 valence electrons. The third-order valence-corrected chi connectivity index (χ3v) is 6.12. The predicted molar refractivity (Wildman–Crippen MR) is 134 cm³/mol. The van der Waals surface area contributed by atoms with Crippen LogP contribution in [0, 0.1) is 12.8 Å². The number of hydrogen-bond acceptors (Lipinski definition) is 4. The molecule has 1 fully saturated rings. The third-order valence-electron chi connectivity index (χ3n) is 5.30. The number of likely N-dealkylation sites (tertiary alicyclic amines) is 1. The van der Waals surface area contributed by atoms with Crippen LogP contribution < -0.4 is 16.4 Å². The molecule has 0 unspecified atom stereocenters. The fourth-order valence-electron chi connectivity index (χ4n) is 3.51. The van der Waals surface area contributed by atoms with Crippen LogP contribution in [0.2, 0.25) is 0 Å².